The van der Waals surface area contributed by atoms with E-state index in [0.29, 0.717) is 0 Å². The maximum Gasteiger partial charge on any atom is 0.353 e. The fourth-order valence-corrected chi connectivity index (χ4v) is 1.34. The summed E-state index contributed by atoms with van der Waals surface area (Å²) in [6.07, 6.45) is 1.16. The molecule has 9 heteroatoms. The van der Waals surface area contributed by atoms with E-state index < -0.39 is 18.3 Å². The average Bonchev–Trinajstić information content (AvgIpc) is 2.76. The highest BCUT2D eigenvalue weighted by Crippen LogP contribution is 2.01. The Bertz CT molecular complexity index is 618. The van der Waals surface area contributed by atoms with Crippen LogP contribution in [0.3, 0.4) is 0 Å². The first-order valence-corrected chi connectivity index (χ1v) is 4.78. The second-order valence-corrected chi connectivity index (χ2v) is 3.15. The molecular formula is C8H9FN6O2. The quantitative estimate of drug-likeness (QED) is 0.713. The molecule has 0 atom stereocenters. The summed E-state index contributed by atoms with van der Waals surface area (Å²) in [5.41, 5.74) is -0.538. The third-order valence-corrected chi connectivity index (χ3v) is 2.16. The van der Waals surface area contributed by atoms with Crippen molar-refractivity contribution >= 4 is 11.6 Å². The Balaban J connectivity index is 2.62. The molecule has 0 aliphatic rings. The van der Waals surface area contributed by atoms with Crippen molar-refractivity contribution in [2.24, 2.45) is 0 Å². The molecule has 0 aromatic carbocycles. The van der Waals surface area contributed by atoms with Gasteiger partial charge in [-0.1, -0.05) is 5.21 Å². The molecule has 0 spiro atoms. The van der Waals surface area contributed by atoms with Crippen LogP contribution in [0.25, 0.3) is 5.65 Å². The second-order valence-electron chi connectivity index (χ2n) is 3.15. The van der Waals surface area contributed by atoms with Gasteiger partial charge in [-0.15, -0.1) is 5.10 Å². The summed E-state index contributed by atoms with van der Waals surface area (Å²) in [6.45, 7) is -0.910. The number of hydrogen-bond acceptors (Lipinski definition) is 5. The lowest BCUT2D eigenvalue weighted by Crippen LogP contribution is -2.30. The number of aromatic nitrogens is 5. The zero-order valence-corrected chi connectivity index (χ0v) is 8.92. The van der Waals surface area contributed by atoms with E-state index in [4.69, 9.17) is 0 Å². The molecule has 0 saturated heterocycles. The Labute approximate surface area is 94.1 Å². The third kappa shape index (κ3) is 1.75. The Kier molecular flexibility index (Phi) is 2.81. The minimum atomic E-state index is -0.725. The molecule has 0 fully saturated rings. The number of carbonyl (C=O) groups is 1. The molecule has 17 heavy (non-hydrogen) atoms. The fourth-order valence-electron chi connectivity index (χ4n) is 1.34. The van der Waals surface area contributed by atoms with Crippen molar-refractivity contribution in [2.75, 3.05) is 13.7 Å². The topological polar surface area (TPSA) is 94.2 Å². The van der Waals surface area contributed by atoms with Gasteiger partial charge in [0.15, 0.2) is 11.3 Å². The van der Waals surface area contributed by atoms with Gasteiger partial charge in [0.25, 0.3) is 5.91 Å². The van der Waals surface area contributed by atoms with E-state index in [1.807, 2.05) is 0 Å². The minimum absolute atomic E-state index is 0.00417. The summed E-state index contributed by atoms with van der Waals surface area (Å²) in [7, 11) is 1.44. The Morgan fingerprint density at radius 2 is 2.35 bits per heavy atom. The first kappa shape index (κ1) is 11.2. The van der Waals surface area contributed by atoms with Crippen LogP contribution < -0.4 is 11.0 Å². The zero-order chi connectivity index (χ0) is 12.4. The molecular weight excluding hydrogens is 231 g/mol. The molecule has 0 saturated carbocycles. The van der Waals surface area contributed by atoms with Crippen LogP contribution in [-0.2, 0) is 6.54 Å². The number of nitrogens with zero attached hydrogens (tertiary/aromatic N) is 5. The van der Waals surface area contributed by atoms with Crippen LogP contribution in [0.5, 0.6) is 0 Å². The predicted octanol–water partition coefficient (Wildman–Crippen LogP) is -1.38. The van der Waals surface area contributed by atoms with Crippen LogP contribution >= 0.6 is 0 Å². The molecule has 2 rings (SSSR count). The monoisotopic (exact) mass is 240 g/mol. The molecule has 1 amide bonds. The van der Waals surface area contributed by atoms with Gasteiger partial charge in [-0.05, 0) is 0 Å². The lowest BCUT2D eigenvalue weighted by molar-refractivity contribution is 0.0960. The number of aryl methyl sites for hydroxylation is 1. The molecule has 8 nitrogen and oxygen atoms in total. The van der Waals surface area contributed by atoms with Gasteiger partial charge >= 0.3 is 5.69 Å². The number of halogens is 1. The number of amides is 1. The number of imidazole rings is 1. The lowest BCUT2D eigenvalue weighted by atomic mass is 10.4. The molecule has 0 aliphatic heterocycles. The van der Waals surface area contributed by atoms with Gasteiger partial charge in [0.1, 0.15) is 13.0 Å². The zero-order valence-electron chi connectivity index (χ0n) is 8.92. The van der Waals surface area contributed by atoms with E-state index in [1.165, 1.54) is 7.05 Å². The largest absolute Gasteiger partial charge is 0.354 e. The number of nitrogens with one attached hydrogen (secondary N) is 1. The highest BCUT2D eigenvalue weighted by atomic mass is 19.1. The summed E-state index contributed by atoms with van der Waals surface area (Å²) in [6, 6.07) is 0. The third-order valence-electron chi connectivity index (χ3n) is 2.16. The molecule has 1 N–H and O–H groups in total. The molecule has 0 radical (unpaired) electrons. The SMILES string of the molecule is CNC(=O)c1ncn2c(=O)n(CCF)nnc12. The normalized spacial score (nSPS) is 10.7. The van der Waals surface area contributed by atoms with Crippen molar-refractivity contribution in [3.8, 4) is 0 Å². The summed E-state index contributed by atoms with van der Waals surface area (Å²) in [4.78, 5) is 26.9. The summed E-state index contributed by atoms with van der Waals surface area (Å²) in [5.74, 6) is -0.468. The van der Waals surface area contributed by atoms with Gasteiger partial charge < -0.3 is 5.32 Å². The minimum Gasteiger partial charge on any atom is -0.354 e. The van der Waals surface area contributed by atoms with Crippen molar-refractivity contribution in [3.05, 3.63) is 22.5 Å². The smallest absolute Gasteiger partial charge is 0.353 e. The molecule has 2 heterocycles. The molecule has 0 aliphatic carbocycles. The van der Waals surface area contributed by atoms with Gasteiger partial charge in [0, 0.05) is 7.05 Å². The Morgan fingerprint density at radius 1 is 1.59 bits per heavy atom. The number of carbonyl (C=O) groups excluding carboxylic acids is 1. The van der Waals surface area contributed by atoms with Gasteiger partial charge in [-0.3, -0.25) is 4.79 Å². The lowest BCUT2D eigenvalue weighted by Gasteiger charge is -2.00. The van der Waals surface area contributed by atoms with Gasteiger partial charge in [0.05, 0.1) is 6.54 Å². The van der Waals surface area contributed by atoms with E-state index in [1.54, 1.807) is 0 Å². The molecule has 2 aromatic heterocycles. The number of hydrogen-bond donors (Lipinski definition) is 1. The van der Waals surface area contributed by atoms with Crippen molar-refractivity contribution in [1.82, 2.24) is 29.7 Å². The number of rotatable bonds is 3. The van der Waals surface area contributed by atoms with Crippen molar-refractivity contribution in [2.45, 2.75) is 6.54 Å². The van der Waals surface area contributed by atoms with Gasteiger partial charge in [0.2, 0.25) is 0 Å². The maximum atomic E-state index is 12.1. The van der Waals surface area contributed by atoms with Crippen LogP contribution in [0.15, 0.2) is 11.1 Å². The van der Waals surface area contributed by atoms with Gasteiger partial charge in [-0.25, -0.2) is 18.6 Å². The van der Waals surface area contributed by atoms with Crippen LogP contribution in [0.4, 0.5) is 4.39 Å². The summed E-state index contributed by atoms with van der Waals surface area (Å²) >= 11 is 0. The fraction of sp³-hybridized carbons (Fsp3) is 0.375. The van der Waals surface area contributed by atoms with Gasteiger partial charge in [-0.2, -0.15) is 4.68 Å². The molecule has 0 unspecified atom stereocenters. The van der Waals surface area contributed by atoms with E-state index in [2.05, 4.69) is 20.6 Å². The van der Waals surface area contributed by atoms with E-state index in [0.717, 1.165) is 15.4 Å². The van der Waals surface area contributed by atoms with E-state index in [9.17, 15) is 14.0 Å². The van der Waals surface area contributed by atoms with Crippen molar-refractivity contribution < 1.29 is 9.18 Å². The van der Waals surface area contributed by atoms with E-state index >= 15 is 0 Å². The highest BCUT2D eigenvalue weighted by molar-refractivity contribution is 5.97. The molecule has 2 aromatic rings. The summed E-state index contributed by atoms with van der Waals surface area (Å²) < 4.78 is 14.0. The average molecular weight is 240 g/mol. The second kappa shape index (κ2) is 4.28. The Morgan fingerprint density at radius 3 is 3.00 bits per heavy atom. The molecule has 90 valence electrons. The van der Waals surface area contributed by atoms with Crippen molar-refractivity contribution in [3.63, 3.8) is 0 Å². The highest BCUT2D eigenvalue weighted by Gasteiger charge is 2.16. The number of alkyl halides is 1. The first-order chi connectivity index (χ1) is 8.19. The van der Waals surface area contributed by atoms with Crippen LogP contribution in [0.1, 0.15) is 10.5 Å². The summed E-state index contributed by atoms with van der Waals surface area (Å²) in [5, 5.41) is 9.56. The maximum absolute atomic E-state index is 12.1. The Hall–Kier alpha value is -2.32. The van der Waals surface area contributed by atoms with Crippen LogP contribution in [-0.4, -0.2) is 44.0 Å². The standard InChI is InChI=1S/C8H9FN6O2/c1-10-7(16)5-6-12-13-15(3-2-9)8(17)14(6)4-11-5/h4H,2-3H2,1H3,(H,10,16). The van der Waals surface area contributed by atoms with Crippen LogP contribution in [0.2, 0.25) is 0 Å². The van der Waals surface area contributed by atoms with E-state index in [-0.39, 0.29) is 17.9 Å². The first-order valence-electron chi connectivity index (χ1n) is 4.78. The van der Waals surface area contributed by atoms with Crippen molar-refractivity contribution in [1.29, 1.82) is 0 Å². The number of fused-ring (bicyclic) bond motifs is 1. The predicted molar refractivity (Wildman–Crippen MR) is 54.4 cm³/mol. The van der Waals surface area contributed by atoms with Crippen LogP contribution in [0, 0.1) is 0 Å². The molecule has 0 bridgehead atoms.